The Bertz CT molecular complexity index is 1380. The minimum atomic E-state index is -1.28. The molecule has 0 saturated heterocycles. The van der Waals surface area contributed by atoms with E-state index in [0.29, 0.717) is 12.3 Å². The Hall–Kier alpha value is -4.15. The minimum Gasteiger partial charge on any atom is -0.493 e. The average Bonchev–Trinajstić information content (AvgIpc) is 3.62. The molecule has 0 radical (unpaired) electrons. The van der Waals surface area contributed by atoms with Crippen molar-refractivity contribution in [1.29, 1.82) is 0 Å². The van der Waals surface area contributed by atoms with E-state index in [1.54, 1.807) is 0 Å². The molecule has 178 valence electrons. The van der Waals surface area contributed by atoms with E-state index < -0.39 is 11.1 Å². The molecule has 1 aliphatic heterocycles. The van der Waals surface area contributed by atoms with Gasteiger partial charge in [-0.25, -0.2) is 4.98 Å². The number of benzene rings is 4. The normalized spacial score (nSPS) is 14.6. The molecule has 36 heavy (non-hydrogen) atoms. The Morgan fingerprint density at radius 1 is 0.750 bits per heavy atom. The number of imidazole rings is 1. The van der Waals surface area contributed by atoms with Crippen molar-refractivity contribution in [2.45, 2.75) is 24.5 Å². The van der Waals surface area contributed by atoms with Crippen LogP contribution in [0.5, 0.6) is 5.75 Å². The van der Waals surface area contributed by atoms with Gasteiger partial charge in [0.25, 0.3) is 0 Å². The Balaban J connectivity index is 1.58. The summed E-state index contributed by atoms with van der Waals surface area (Å²) >= 11 is 0. The van der Waals surface area contributed by atoms with E-state index in [9.17, 15) is 5.11 Å². The number of hydrogen-bond donors (Lipinski definition) is 1. The Labute approximate surface area is 211 Å². The summed E-state index contributed by atoms with van der Waals surface area (Å²) in [6.45, 7) is 2.46. The lowest BCUT2D eigenvalue weighted by Gasteiger charge is -2.37. The molecule has 0 bridgehead atoms. The van der Waals surface area contributed by atoms with E-state index in [-0.39, 0.29) is 0 Å². The largest absolute Gasteiger partial charge is 0.493 e. The van der Waals surface area contributed by atoms with Gasteiger partial charge in [0.2, 0.25) is 0 Å². The molecule has 0 spiro atoms. The van der Waals surface area contributed by atoms with Gasteiger partial charge in [0.05, 0.1) is 18.6 Å². The predicted octanol–water partition coefficient (Wildman–Crippen LogP) is 5.91. The molecule has 1 aliphatic rings. The van der Waals surface area contributed by atoms with Crippen molar-refractivity contribution in [2.75, 3.05) is 6.61 Å². The quantitative estimate of drug-likeness (QED) is 0.312. The molecule has 1 unspecified atom stereocenters. The summed E-state index contributed by atoms with van der Waals surface area (Å²) < 4.78 is 7.90. The van der Waals surface area contributed by atoms with Gasteiger partial charge in [0, 0.05) is 18.2 Å². The van der Waals surface area contributed by atoms with Gasteiger partial charge in [-0.05, 0) is 35.2 Å². The molecule has 0 amide bonds. The van der Waals surface area contributed by atoms with Gasteiger partial charge in [-0.1, -0.05) is 103 Å². The Kier molecular flexibility index (Phi) is 5.46. The lowest BCUT2D eigenvalue weighted by Crippen LogP contribution is -2.37. The highest BCUT2D eigenvalue weighted by Crippen LogP contribution is 2.43. The highest BCUT2D eigenvalue weighted by atomic mass is 16.5. The molecule has 1 aromatic heterocycles. The highest BCUT2D eigenvalue weighted by molar-refractivity contribution is 5.52. The van der Waals surface area contributed by atoms with E-state index >= 15 is 0 Å². The third kappa shape index (κ3) is 3.45. The second-order valence-corrected chi connectivity index (χ2v) is 9.43. The van der Waals surface area contributed by atoms with Crippen molar-refractivity contribution >= 4 is 0 Å². The summed E-state index contributed by atoms with van der Waals surface area (Å²) in [6.07, 6.45) is 4.61. The first-order valence-corrected chi connectivity index (χ1v) is 12.3. The van der Waals surface area contributed by atoms with Gasteiger partial charge in [-0.15, -0.1) is 0 Å². The van der Waals surface area contributed by atoms with Crippen LogP contribution in [0.1, 0.15) is 40.4 Å². The fraction of sp³-hybridized carbons (Fsp3) is 0.156. The molecule has 2 heterocycles. The molecule has 0 saturated carbocycles. The fourth-order valence-corrected chi connectivity index (χ4v) is 5.56. The molecular formula is C32H28N2O2. The molecule has 4 aromatic carbocycles. The van der Waals surface area contributed by atoms with Crippen LogP contribution in [0.4, 0.5) is 0 Å². The molecule has 6 rings (SSSR count). The summed E-state index contributed by atoms with van der Waals surface area (Å²) in [6, 6.07) is 37.3. The summed E-state index contributed by atoms with van der Waals surface area (Å²) in [7, 11) is 0. The van der Waals surface area contributed by atoms with Gasteiger partial charge >= 0.3 is 0 Å². The average molecular weight is 473 g/mol. The monoisotopic (exact) mass is 472 g/mol. The zero-order valence-corrected chi connectivity index (χ0v) is 20.2. The van der Waals surface area contributed by atoms with Crippen LogP contribution in [0, 0.1) is 0 Å². The summed E-state index contributed by atoms with van der Waals surface area (Å²) in [5.74, 6) is 0.847. The lowest BCUT2D eigenvalue weighted by molar-refractivity contribution is 0.0968. The van der Waals surface area contributed by atoms with Gasteiger partial charge in [0.1, 0.15) is 16.9 Å². The van der Waals surface area contributed by atoms with Crippen molar-refractivity contribution in [3.8, 4) is 5.75 Å². The number of fused-ring (bicyclic) bond motifs is 1. The van der Waals surface area contributed by atoms with Crippen LogP contribution in [-0.2, 0) is 17.6 Å². The van der Waals surface area contributed by atoms with Crippen molar-refractivity contribution in [1.82, 2.24) is 9.55 Å². The van der Waals surface area contributed by atoms with E-state index in [2.05, 4.69) is 77.4 Å². The maximum atomic E-state index is 11.9. The molecule has 5 aromatic rings. The first kappa shape index (κ1) is 22.3. The number of aliphatic hydroxyl groups is 1. The Morgan fingerprint density at radius 3 is 1.86 bits per heavy atom. The summed E-state index contributed by atoms with van der Waals surface area (Å²) in [5.41, 5.74) is 3.87. The summed E-state index contributed by atoms with van der Waals surface area (Å²) in [5, 5.41) is 11.9. The molecule has 0 aliphatic carbocycles. The van der Waals surface area contributed by atoms with Crippen LogP contribution >= 0.6 is 0 Å². The molecule has 1 N–H and O–H groups in total. The predicted molar refractivity (Wildman–Crippen MR) is 141 cm³/mol. The minimum absolute atomic E-state index is 0.593. The van der Waals surface area contributed by atoms with Crippen molar-refractivity contribution in [2.24, 2.45) is 0 Å². The number of hydrogen-bond acceptors (Lipinski definition) is 3. The van der Waals surface area contributed by atoms with Gasteiger partial charge in [0.15, 0.2) is 0 Å². The van der Waals surface area contributed by atoms with Crippen LogP contribution in [-0.4, -0.2) is 21.3 Å². The van der Waals surface area contributed by atoms with Crippen LogP contribution in [0.2, 0.25) is 0 Å². The number of ether oxygens (including phenoxy) is 1. The highest BCUT2D eigenvalue weighted by Gasteiger charge is 2.40. The molecular weight excluding hydrogens is 444 g/mol. The van der Waals surface area contributed by atoms with Crippen LogP contribution in [0.15, 0.2) is 122 Å². The molecule has 0 fully saturated rings. The standard InChI is InChI=1S/C32H28N2O2/c1-31(35,28-18-11-19-29-27(28)20-21-36-29)30-22-34(23-33-30)32(24-12-5-2-6-13-24,25-14-7-3-8-15-25)26-16-9-4-10-17-26/h2-19,22-23,35H,20-21H2,1H3. The first-order valence-electron chi connectivity index (χ1n) is 12.3. The van der Waals surface area contributed by atoms with Crippen LogP contribution in [0.3, 0.4) is 0 Å². The van der Waals surface area contributed by atoms with Gasteiger partial charge in [-0.3, -0.25) is 0 Å². The second kappa shape index (κ2) is 8.81. The smallest absolute Gasteiger partial charge is 0.131 e. The third-order valence-electron chi connectivity index (χ3n) is 7.31. The van der Waals surface area contributed by atoms with Crippen molar-refractivity contribution < 1.29 is 9.84 Å². The molecule has 1 atom stereocenters. The summed E-state index contributed by atoms with van der Waals surface area (Å²) in [4.78, 5) is 4.80. The number of nitrogens with zero attached hydrogens (tertiary/aromatic N) is 2. The maximum absolute atomic E-state index is 11.9. The van der Waals surface area contributed by atoms with Gasteiger partial charge in [-0.2, -0.15) is 0 Å². The zero-order valence-electron chi connectivity index (χ0n) is 20.2. The third-order valence-corrected chi connectivity index (χ3v) is 7.31. The molecule has 4 nitrogen and oxygen atoms in total. The van der Waals surface area contributed by atoms with Crippen LogP contribution in [0.25, 0.3) is 0 Å². The topological polar surface area (TPSA) is 47.3 Å². The maximum Gasteiger partial charge on any atom is 0.131 e. The van der Waals surface area contributed by atoms with E-state index in [4.69, 9.17) is 9.72 Å². The number of aromatic nitrogens is 2. The Morgan fingerprint density at radius 2 is 1.31 bits per heavy atom. The lowest BCUT2D eigenvalue weighted by atomic mass is 9.76. The van der Waals surface area contributed by atoms with E-state index in [1.807, 2.05) is 55.8 Å². The zero-order chi connectivity index (χ0) is 24.6. The number of rotatable bonds is 6. The van der Waals surface area contributed by atoms with E-state index in [0.717, 1.165) is 40.0 Å². The fourth-order valence-electron chi connectivity index (χ4n) is 5.56. The SMILES string of the molecule is CC(O)(c1cn(C(c2ccccc2)(c2ccccc2)c2ccccc2)cn1)c1cccc2c1CCO2. The molecule has 4 heteroatoms. The van der Waals surface area contributed by atoms with Gasteiger partial charge < -0.3 is 14.4 Å². The van der Waals surface area contributed by atoms with Crippen molar-refractivity contribution in [3.05, 3.63) is 155 Å². The first-order chi connectivity index (χ1) is 17.6. The van der Waals surface area contributed by atoms with Crippen molar-refractivity contribution in [3.63, 3.8) is 0 Å². The van der Waals surface area contributed by atoms with Crippen LogP contribution < -0.4 is 4.74 Å². The van der Waals surface area contributed by atoms with E-state index in [1.165, 1.54) is 0 Å². The second-order valence-electron chi connectivity index (χ2n) is 9.43.